The normalized spacial score (nSPS) is 12.1. The van der Waals surface area contributed by atoms with Gasteiger partial charge in [-0.3, -0.25) is 4.79 Å². The van der Waals surface area contributed by atoms with Gasteiger partial charge < -0.3 is 9.84 Å². The Morgan fingerprint density at radius 3 is 2.64 bits per heavy atom. The summed E-state index contributed by atoms with van der Waals surface area (Å²) in [5, 5.41) is 14.0. The molecule has 0 bridgehead atoms. The number of ether oxygens (including phenoxy) is 1. The van der Waals surface area contributed by atoms with E-state index in [0.717, 1.165) is 0 Å². The number of hydrogen-bond donors (Lipinski definition) is 2. The van der Waals surface area contributed by atoms with Crippen LogP contribution in [0.2, 0.25) is 5.02 Å². The van der Waals surface area contributed by atoms with Crippen LogP contribution in [0.15, 0.2) is 53.6 Å². The van der Waals surface area contributed by atoms with E-state index in [0.29, 0.717) is 16.3 Å². The summed E-state index contributed by atoms with van der Waals surface area (Å²) in [5.74, 6) is 0.226. The Labute approximate surface area is 133 Å². The molecule has 1 amide bonds. The summed E-state index contributed by atoms with van der Waals surface area (Å²) in [7, 11) is 0. The lowest BCUT2D eigenvalue weighted by Crippen LogP contribution is -2.33. The number of para-hydroxylation sites is 1. The summed E-state index contributed by atoms with van der Waals surface area (Å²) >= 11 is 5.78. The lowest BCUT2D eigenvalue weighted by atomic mass is 10.2. The van der Waals surface area contributed by atoms with Crippen molar-refractivity contribution in [2.45, 2.75) is 13.0 Å². The Bertz CT molecular complexity index is 671. The number of aromatic hydroxyl groups is 1. The maximum atomic E-state index is 11.9. The number of phenolic OH excluding ortho intramolecular Hbond substituents is 1. The third kappa shape index (κ3) is 4.49. The summed E-state index contributed by atoms with van der Waals surface area (Å²) in [6.07, 6.45) is 0.644. The molecule has 0 aromatic heterocycles. The van der Waals surface area contributed by atoms with E-state index in [4.69, 9.17) is 16.3 Å². The summed E-state index contributed by atoms with van der Waals surface area (Å²) in [6, 6.07) is 13.4. The molecule has 5 nitrogen and oxygen atoms in total. The summed E-state index contributed by atoms with van der Waals surface area (Å²) in [4.78, 5) is 11.9. The van der Waals surface area contributed by atoms with Gasteiger partial charge in [-0.15, -0.1) is 0 Å². The maximum Gasteiger partial charge on any atom is 0.280 e. The lowest BCUT2D eigenvalue weighted by molar-refractivity contribution is -0.127. The molecule has 1 atom stereocenters. The van der Waals surface area contributed by atoms with Crippen LogP contribution in [0.4, 0.5) is 0 Å². The molecule has 0 saturated carbocycles. The quantitative estimate of drug-likeness (QED) is 0.657. The number of carbonyl (C=O) groups excluding carboxylic acids is 1. The van der Waals surface area contributed by atoms with Crippen LogP contribution < -0.4 is 10.2 Å². The first-order valence-corrected chi connectivity index (χ1v) is 6.97. The van der Waals surface area contributed by atoms with Crippen molar-refractivity contribution in [1.29, 1.82) is 0 Å². The standard InChI is InChI=1S/C16H15ClN2O3/c1-11(22-14-8-6-13(17)7-9-14)16(21)19-18-10-12-4-2-3-5-15(12)20/h2-11,20H,1H3,(H,19,21)/b18-10+/t11-/m0/s1. The number of nitrogens with one attached hydrogen (secondary N) is 1. The fourth-order valence-electron chi connectivity index (χ4n) is 1.62. The number of halogens is 1. The molecule has 6 heteroatoms. The van der Waals surface area contributed by atoms with Crippen LogP contribution in [0.3, 0.4) is 0 Å². The molecule has 2 aromatic carbocycles. The highest BCUT2D eigenvalue weighted by atomic mass is 35.5. The smallest absolute Gasteiger partial charge is 0.280 e. The lowest BCUT2D eigenvalue weighted by Gasteiger charge is -2.12. The number of hydrazone groups is 1. The molecular formula is C16H15ClN2O3. The minimum Gasteiger partial charge on any atom is -0.507 e. The number of amides is 1. The Balaban J connectivity index is 1.89. The third-order valence-corrected chi connectivity index (χ3v) is 3.06. The molecule has 0 spiro atoms. The fraction of sp³-hybridized carbons (Fsp3) is 0.125. The van der Waals surface area contributed by atoms with E-state index in [1.807, 2.05) is 0 Å². The Morgan fingerprint density at radius 2 is 1.95 bits per heavy atom. The van der Waals surface area contributed by atoms with Crippen molar-refractivity contribution in [1.82, 2.24) is 5.43 Å². The van der Waals surface area contributed by atoms with Gasteiger partial charge in [0.2, 0.25) is 0 Å². The SMILES string of the molecule is C[C@H](Oc1ccc(Cl)cc1)C(=O)N/N=C/c1ccccc1O. The number of rotatable bonds is 5. The Hall–Kier alpha value is -2.53. The molecule has 2 rings (SSSR count). The van der Waals surface area contributed by atoms with Crippen molar-refractivity contribution < 1.29 is 14.6 Å². The first-order chi connectivity index (χ1) is 10.6. The second-order valence-electron chi connectivity index (χ2n) is 4.51. The number of hydrogen-bond acceptors (Lipinski definition) is 4. The molecule has 0 aliphatic heterocycles. The maximum absolute atomic E-state index is 11.9. The van der Waals surface area contributed by atoms with Crippen LogP contribution in [0.5, 0.6) is 11.5 Å². The molecule has 0 radical (unpaired) electrons. The highest BCUT2D eigenvalue weighted by molar-refractivity contribution is 6.30. The van der Waals surface area contributed by atoms with Crippen LogP contribution in [0.1, 0.15) is 12.5 Å². The molecule has 0 aliphatic carbocycles. The van der Waals surface area contributed by atoms with Crippen molar-refractivity contribution in [2.75, 3.05) is 0 Å². The summed E-state index contributed by atoms with van der Waals surface area (Å²) < 4.78 is 5.46. The first kappa shape index (κ1) is 15.9. The minimum absolute atomic E-state index is 0.0889. The van der Waals surface area contributed by atoms with Gasteiger partial charge in [-0.25, -0.2) is 5.43 Å². The second-order valence-corrected chi connectivity index (χ2v) is 4.94. The van der Waals surface area contributed by atoms with E-state index in [1.54, 1.807) is 49.4 Å². The third-order valence-electron chi connectivity index (χ3n) is 2.81. The van der Waals surface area contributed by atoms with Crippen LogP contribution in [-0.2, 0) is 4.79 Å². The van der Waals surface area contributed by atoms with E-state index in [-0.39, 0.29) is 5.75 Å². The zero-order valence-corrected chi connectivity index (χ0v) is 12.6. The number of phenols is 1. The van der Waals surface area contributed by atoms with Gasteiger partial charge in [0.1, 0.15) is 11.5 Å². The largest absolute Gasteiger partial charge is 0.507 e. The molecule has 0 unspecified atom stereocenters. The average molecular weight is 319 g/mol. The van der Waals surface area contributed by atoms with Gasteiger partial charge in [0.15, 0.2) is 6.10 Å². The number of nitrogens with zero attached hydrogens (tertiary/aromatic N) is 1. The molecule has 0 heterocycles. The van der Waals surface area contributed by atoms with Crippen molar-refractivity contribution >= 4 is 23.7 Å². The van der Waals surface area contributed by atoms with E-state index in [2.05, 4.69) is 10.5 Å². The Morgan fingerprint density at radius 1 is 1.27 bits per heavy atom. The van der Waals surface area contributed by atoms with E-state index in [9.17, 15) is 9.90 Å². The van der Waals surface area contributed by atoms with Gasteiger partial charge in [-0.05, 0) is 43.3 Å². The summed E-state index contributed by atoms with van der Waals surface area (Å²) in [5.41, 5.74) is 2.87. The van der Waals surface area contributed by atoms with Gasteiger partial charge in [0.05, 0.1) is 6.21 Å². The molecule has 2 N–H and O–H groups in total. The van der Waals surface area contributed by atoms with Gasteiger partial charge in [-0.1, -0.05) is 23.7 Å². The van der Waals surface area contributed by atoms with Crippen LogP contribution in [-0.4, -0.2) is 23.3 Å². The topological polar surface area (TPSA) is 70.9 Å². The van der Waals surface area contributed by atoms with Crippen molar-refractivity contribution in [2.24, 2.45) is 5.10 Å². The zero-order valence-electron chi connectivity index (χ0n) is 11.9. The average Bonchev–Trinajstić information content (AvgIpc) is 2.51. The van der Waals surface area contributed by atoms with E-state index >= 15 is 0 Å². The molecule has 0 aliphatic rings. The fourth-order valence-corrected chi connectivity index (χ4v) is 1.75. The molecule has 114 valence electrons. The predicted octanol–water partition coefficient (Wildman–Crippen LogP) is 2.96. The van der Waals surface area contributed by atoms with E-state index < -0.39 is 12.0 Å². The highest BCUT2D eigenvalue weighted by Gasteiger charge is 2.13. The number of benzene rings is 2. The first-order valence-electron chi connectivity index (χ1n) is 6.59. The molecular weight excluding hydrogens is 304 g/mol. The minimum atomic E-state index is -0.720. The number of carbonyl (C=O) groups is 1. The van der Waals surface area contributed by atoms with Crippen molar-refractivity contribution in [3.8, 4) is 11.5 Å². The molecule has 0 fully saturated rings. The monoisotopic (exact) mass is 318 g/mol. The van der Waals surface area contributed by atoms with Gasteiger partial charge >= 0.3 is 0 Å². The zero-order chi connectivity index (χ0) is 15.9. The van der Waals surface area contributed by atoms with Crippen LogP contribution in [0.25, 0.3) is 0 Å². The Kier molecular flexibility index (Phi) is 5.38. The highest BCUT2D eigenvalue weighted by Crippen LogP contribution is 2.16. The van der Waals surface area contributed by atoms with Crippen molar-refractivity contribution in [3.05, 3.63) is 59.1 Å². The predicted molar refractivity (Wildman–Crippen MR) is 85.4 cm³/mol. The van der Waals surface area contributed by atoms with E-state index in [1.165, 1.54) is 12.3 Å². The van der Waals surface area contributed by atoms with Crippen LogP contribution in [0, 0.1) is 0 Å². The molecule has 22 heavy (non-hydrogen) atoms. The van der Waals surface area contributed by atoms with Crippen LogP contribution >= 0.6 is 11.6 Å². The van der Waals surface area contributed by atoms with Crippen molar-refractivity contribution in [3.63, 3.8) is 0 Å². The van der Waals surface area contributed by atoms with Gasteiger partial charge in [-0.2, -0.15) is 5.10 Å². The second kappa shape index (κ2) is 7.47. The van der Waals surface area contributed by atoms with Gasteiger partial charge in [0, 0.05) is 10.6 Å². The van der Waals surface area contributed by atoms with Gasteiger partial charge in [0.25, 0.3) is 5.91 Å². The molecule has 2 aromatic rings. The molecule has 0 saturated heterocycles. The summed E-state index contributed by atoms with van der Waals surface area (Å²) in [6.45, 7) is 1.61.